The Bertz CT molecular complexity index is 964. The fourth-order valence-corrected chi connectivity index (χ4v) is 3.40. The zero-order valence-electron chi connectivity index (χ0n) is 17.0. The van der Waals surface area contributed by atoms with E-state index in [0.717, 1.165) is 18.5 Å². The molecule has 2 N–H and O–H groups in total. The number of carbonyl (C=O) groups excluding carboxylic acids is 1. The highest BCUT2D eigenvalue weighted by atomic mass is 16.5. The van der Waals surface area contributed by atoms with E-state index in [9.17, 15) is 4.79 Å². The van der Waals surface area contributed by atoms with Gasteiger partial charge in [0.25, 0.3) is 0 Å². The van der Waals surface area contributed by atoms with Gasteiger partial charge in [-0.1, -0.05) is 37.2 Å². The minimum Gasteiger partial charge on any atom is -0.381 e. The van der Waals surface area contributed by atoms with Gasteiger partial charge in [-0.05, 0) is 30.9 Å². The van der Waals surface area contributed by atoms with Gasteiger partial charge in [0.2, 0.25) is 11.8 Å². The second-order valence-electron chi connectivity index (χ2n) is 7.50. The lowest BCUT2D eigenvalue weighted by Gasteiger charge is -2.28. The number of nitrogens with one attached hydrogen (secondary N) is 2. The molecule has 0 aliphatic carbocycles. The third kappa shape index (κ3) is 4.48. The van der Waals surface area contributed by atoms with E-state index in [1.54, 1.807) is 4.68 Å². The molecular weight excluding hydrogens is 386 g/mol. The van der Waals surface area contributed by atoms with Gasteiger partial charge in [0.05, 0.1) is 5.69 Å². The number of urea groups is 1. The van der Waals surface area contributed by atoms with Crippen molar-refractivity contribution in [2.75, 3.05) is 18.5 Å². The molecule has 1 atom stereocenters. The number of rotatable bonds is 6. The zero-order chi connectivity index (χ0) is 20.9. The molecule has 1 aliphatic heterocycles. The van der Waals surface area contributed by atoms with Crippen LogP contribution >= 0.6 is 0 Å². The fourth-order valence-electron chi connectivity index (χ4n) is 3.40. The molecule has 10 nitrogen and oxygen atoms in total. The van der Waals surface area contributed by atoms with Crippen molar-refractivity contribution >= 4 is 12.0 Å². The van der Waals surface area contributed by atoms with Crippen LogP contribution in [0.1, 0.15) is 50.4 Å². The van der Waals surface area contributed by atoms with Crippen molar-refractivity contribution in [1.29, 1.82) is 0 Å². The molecule has 1 saturated heterocycles. The molecule has 4 rings (SSSR count). The summed E-state index contributed by atoms with van der Waals surface area (Å²) >= 11 is 0. The van der Waals surface area contributed by atoms with Gasteiger partial charge < -0.3 is 14.6 Å². The first-order valence-electron chi connectivity index (χ1n) is 10.1. The summed E-state index contributed by atoms with van der Waals surface area (Å²) < 4.78 is 12.5. The smallest absolute Gasteiger partial charge is 0.322 e. The molecule has 1 aliphatic rings. The van der Waals surface area contributed by atoms with Gasteiger partial charge in [-0.2, -0.15) is 19.7 Å². The average Bonchev–Trinajstić information content (AvgIpc) is 3.43. The van der Waals surface area contributed by atoms with Crippen LogP contribution in [0, 0.1) is 5.92 Å². The minimum absolute atomic E-state index is 0.135. The number of amides is 2. The van der Waals surface area contributed by atoms with Crippen molar-refractivity contribution in [3.8, 4) is 5.69 Å². The van der Waals surface area contributed by atoms with Gasteiger partial charge >= 0.3 is 6.03 Å². The highest BCUT2D eigenvalue weighted by Gasteiger charge is 2.32. The quantitative estimate of drug-likeness (QED) is 0.639. The maximum absolute atomic E-state index is 12.8. The van der Waals surface area contributed by atoms with E-state index < -0.39 is 12.1 Å². The van der Waals surface area contributed by atoms with E-state index in [2.05, 4.69) is 30.9 Å². The van der Waals surface area contributed by atoms with Gasteiger partial charge in [-0.25, -0.2) is 4.79 Å². The molecule has 0 spiro atoms. The van der Waals surface area contributed by atoms with E-state index in [1.165, 1.54) is 6.33 Å². The average molecular weight is 411 g/mol. The monoisotopic (exact) mass is 411 g/mol. The molecule has 30 heavy (non-hydrogen) atoms. The summed E-state index contributed by atoms with van der Waals surface area (Å²) in [5, 5.41) is 14.0. The molecule has 2 amide bonds. The molecule has 3 heterocycles. The summed E-state index contributed by atoms with van der Waals surface area (Å²) in [5.74, 6) is 1.62. The number of hydrogen-bond donors (Lipinski definition) is 2. The van der Waals surface area contributed by atoms with E-state index in [0.29, 0.717) is 30.9 Å². The molecule has 1 aromatic carbocycles. The fraction of sp³-hybridized carbons (Fsp3) is 0.450. The van der Waals surface area contributed by atoms with E-state index in [1.807, 2.05) is 44.2 Å². The van der Waals surface area contributed by atoms with E-state index in [-0.39, 0.29) is 11.8 Å². The van der Waals surface area contributed by atoms with Crippen molar-refractivity contribution in [3.05, 3.63) is 48.4 Å². The van der Waals surface area contributed by atoms with Crippen LogP contribution in [0.15, 0.2) is 41.2 Å². The Morgan fingerprint density at radius 2 is 1.97 bits per heavy atom. The number of aromatic nitrogens is 5. The van der Waals surface area contributed by atoms with Crippen LogP contribution in [0.3, 0.4) is 0 Å². The lowest BCUT2D eigenvalue weighted by molar-refractivity contribution is 0.0506. The van der Waals surface area contributed by atoms with Crippen molar-refractivity contribution in [3.63, 3.8) is 0 Å². The van der Waals surface area contributed by atoms with Crippen molar-refractivity contribution in [2.45, 2.75) is 38.6 Å². The Labute approximate surface area is 174 Å². The summed E-state index contributed by atoms with van der Waals surface area (Å²) in [6.45, 7) is 5.26. The number of carbonyl (C=O) groups is 1. The second kappa shape index (κ2) is 9.04. The third-order valence-electron chi connectivity index (χ3n) is 5.04. The molecule has 0 bridgehead atoms. The van der Waals surface area contributed by atoms with Crippen LogP contribution in [-0.4, -0.2) is 44.1 Å². The highest BCUT2D eigenvalue weighted by Crippen LogP contribution is 2.30. The Morgan fingerprint density at radius 1 is 1.20 bits per heavy atom. The number of ether oxygens (including phenoxy) is 1. The van der Waals surface area contributed by atoms with Crippen LogP contribution in [0.5, 0.6) is 0 Å². The van der Waals surface area contributed by atoms with Gasteiger partial charge in [0, 0.05) is 19.1 Å². The first-order valence-corrected chi connectivity index (χ1v) is 10.1. The summed E-state index contributed by atoms with van der Waals surface area (Å²) in [4.78, 5) is 21.5. The molecule has 158 valence electrons. The van der Waals surface area contributed by atoms with Gasteiger partial charge in [0.15, 0.2) is 5.82 Å². The number of benzene rings is 1. The van der Waals surface area contributed by atoms with Gasteiger partial charge in [-0.15, -0.1) is 0 Å². The number of anilines is 1. The van der Waals surface area contributed by atoms with E-state index in [4.69, 9.17) is 9.26 Å². The topological polar surface area (TPSA) is 120 Å². The first kappa shape index (κ1) is 20.0. The number of hydrogen-bond acceptors (Lipinski definition) is 7. The largest absolute Gasteiger partial charge is 0.381 e. The van der Waals surface area contributed by atoms with Crippen LogP contribution in [-0.2, 0) is 4.74 Å². The lowest BCUT2D eigenvalue weighted by Crippen LogP contribution is -2.39. The normalized spacial score (nSPS) is 15.8. The SMILES string of the molecule is CC(C)c1noc([C@@H](NC(=O)Nc2ncnn2-c2ccccc2)C2CCOCC2)n1. The lowest BCUT2D eigenvalue weighted by atomic mass is 9.91. The summed E-state index contributed by atoms with van der Waals surface area (Å²) in [7, 11) is 0. The molecular formula is C20H25N7O3. The third-order valence-corrected chi connectivity index (χ3v) is 5.04. The number of para-hydroxylation sites is 1. The molecule has 0 radical (unpaired) electrons. The van der Waals surface area contributed by atoms with Gasteiger partial charge in [-0.3, -0.25) is 5.32 Å². The van der Waals surface area contributed by atoms with Crippen LogP contribution in [0.4, 0.5) is 10.7 Å². The Kier molecular flexibility index (Phi) is 6.03. The maximum atomic E-state index is 12.8. The molecule has 0 unspecified atom stereocenters. The Balaban J connectivity index is 1.51. The van der Waals surface area contributed by atoms with Crippen molar-refractivity contribution in [1.82, 2.24) is 30.2 Å². The summed E-state index contributed by atoms with van der Waals surface area (Å²) in [5.41, 5.74) is 0.796. The predicted molar refractivity (Wildman–Crippen MR) is 108 cm³/mol. The first-order chi connectivity index (χ1) is 14.6. The van der Waals surface area contributed by atoms with Crippen LogP contribution in [0.25, 0.3) is 5.69 Å². The molecule has 3 aromatic rings. The predicted octanol–water partition coefficient (Wildman–Crippen LogP) is 3.06. The van der Waals surface area contributed by atoms with Crippen LogP contribution in [0.2, 0.25) is 0 Å². The molecule has 2 aromatic heterocycles. The maximum Gasteiger partial charge on any atom is 0.322 e. The highest BCUT2D eigenvalue weighted by molar-refractivity contribution is 5.87. The second-order valence-corrected chi connectivity index (χ2v) is 7.50. The number of nitrogens with zero attached hydrogens (tertiary/aromatic N) is 5. The molecule has 10 heteroatoms. The van der Waals surface area contributed by atoms with Crippen LogP contribution < -0.4 is 10.6 Å². The summed E-state index contributed by atoms with van der Waals surface area (Å²) in [6, 6.07) is 8.63. The van der Waals surface area contributed by atoms with Crippen molar-refractivity contribution < 1.29 is 14.1 Å². The molecule has 0 saturated carbocycles. The Morgan fingerprint density at radius 3 is 2.67 bits per heavy atom. The summed E-state index contributed by atoms with van der Waals surface area (Å²) in [6.07, 6.45) is 2.99. The Hall–Kier alpha value is -3.27. The van der Waals surface area contributed by atoms with Crippen molar-refractivity contribution in [2.24, 2.45) is 5.92 Å². The standard InChI is InChI=1S/C20H25N7O3/c1-13(2)17-24-18(30-26-17)16(14-8-10-29-11-9-14)23-20(28)25-19-21-12-22-27(19)15-6-4-3-5-7-15/h3-7,12-14,16H,8-11H2,1-2H3,(H2,21,22,23,25,28)/t16-/m0/s1. The van der Waals surface area contributed by atoms with E-state index >= 15 is 0 Å². The minimum atomic E-state index is -0.416. The zero-order valence-corrected chi connectivity index (χ0v) is 17.0. The van der Waals surface area contributed by atoms with Gasteiger partial charge in [0.1, 0.15) is 12.4 Å². The molecule has 1 fully saturated rings.